The van der Waals surface area contributed by atoms with Crippen molar-refractivity contribution in [3.05, 3.63) is 42.7 Å². The minimum atomic E-state index is -5.05. The summed E-state index contributed by atoms with van der Waals surface area (Å²) in [6, 6.07) is 3.29. The molecule has 0 unspecified atom stereocenters. The molecule has 0 aromatic carbocycles. The lowest BCUT2D eigenvalue weighted by molar-refractivity contribution is 0.0999. The van der Waals surface area contributed by atoms with Gasteiger partial charge in [0.1, 0.15) is 11.8 Å². The Bertz CT molecular complexity index is 982. The first kappa shape index (κ1) is 23.3. The van der Waals surface area contributed by atoms with Crippen molar-refractivity contribution in [2.45, 2.75) is 0 Å². The Balaban J connectivity index is 0.000000211. The van der Waals surface area contributed by atoms with Crippen LogP contribution in [0.3, 0.4) is 0 Å². The van der Waals surface area contributed by atoms with Crippen molar-refractivity contribution in [1.29, 1.82) is 0 Å². The summed E-state index contributed by atoms with van der Waals surface area (Å²) in [5.41, 5.74) is 12.1. The molecular weight excluding hydrogens is 420 g/mol. The molecular formula is C11H15N7O8P2. The normalized spacial score (nSPS) is 11.0. The average molecular weight is 435 g/mol. The van der Waals surface area contributed by atoms with Gasteiger partial charge < -0.3 is 36.0 Å². The number of aromatic nitrogens is 5. The number of carbonyl (C=O) groups is 1. The van der Waals surface area contributed by atoms with Gasteiger partial charge in [-0.1, -0.05) is 0 Å². The Morgan fingerprint density at radius 2 is 1.75 bits per heavy atom. The number of hydrogen-bond acceptors (Lipinski definition) is 9. The molecule has 28 heavy (non-hydrogen) atoms. The summed E-state index contributed by atoms with van der Waals surface area (Å²) in [4.78, 5) is 59.5. The Labute approximate surface area is 156 Å². The van der Waals surface area contributed by atoms with Gasteiger partial charge in [-0.2, -0.15) is 4.31 Å². The number of H-pyrrole nitrogens is 1. The van der Waals surface area contributed by atoms with E-state index >= 15 is 0 Å². The maximum atomic E-state index is 10.4. The molecule has 0 aliphatic carbocycles. The van der Waals surface area contributed by atoms with E-state index in [1.165, 1.54) is 18.9 Å². The lowest BCUT2D eigenvalue weighted by Crippen LogP contribution is -2.10. The van der Waals surface area contributed by atoms with Gasteiger partial charge in [-0.05, 0) is 12.1 Å². The zero-order chi connectivity index (χ0) is 21.4. The van der Waals surface area contributed by atoms with Gasteiger partial charge in [0.15, 0.2) is 11.5 Å². The second-order valence-corrected chi connectivity index (χ2v) is 7.14. The van der Waals surface area contributed by atoms with E-state index in [4.69, 9.17) is 31.0 Å². The highest BCUT2D eigenvalue weighted by Crippen LogP contribution is 2.53. The molecule has 3 aromatic heterocycles. The summed E-state index contributed by atoms with van der Waals surface area (Å²) < 4.78 is 22.2. The third-order valence-corrected chi connectivity index (χ3v) is 4.11. The zero-order valence-corrected chi connectivity index (χ0v) is 15.5. The van der Waals surface area contributed by atoms with Crippen LogP contribution in [0.5, 0.6) is 0 Å². The Hall–Kier alpha value is -2.77. The summed E-state index contributed by atoms with van der Waals surface area (Å²) in [7, 11) is -10.1. The molecule has 0 atom stereocenters. The third kappa shape index (κ3) is 9.25. The number of imidazole rings is 1. The highest BCUT2D eigenvalue weighted by atomic mass is 31.3. The number of phosphoric acid groups is 2. The fourth-order valence-electron chi connectivity index (χ4n) is 1.43. The molecule has 0 spiro atoms. The van der Waals surface area contributed by atoms with Gasteiger partial charge in [0.25, 0.3) is 0 Å². The lowest BCUT2D eigenvalue weighted by Gasteiger charge is -2.03. The number of hydrogen-bond donors (Lipinski definition) is 7. The van der Waals surface area contributed by atoms with E-state index in [9.17, 15) is 13.9 Å². The van der Waals surface area contributed by atoms with Crippen LogP contribution in [-0.2, 0) is 13.4 Å². The van der Waals surface area contributed by atoms with Gasteiger partial charge in [0, 0.05) is 12.4 Å². The highest BCUT2D eigenvalue weighted by Gasteiger charge is 2.27. The molecule has 15 nitrogen and oxygen atoms in total. The number of amides is 1. The van der Waals surface area contributed by atoms with Gasteiger partial charge >= 0.3 is 15.6 Å². The first-order valence-electron chi connectivity index (χ1n) is 6.81. The van der Waals surface area contributed by atoms with E-state index in [-0.39, 0.29) is 0 Å². The van der Waals surface area contributed by atoms with Crippen LogP contribution >= 0.6 is 15.6 Å². The number of anilines is 1. The molecule has 0 saturated heterocycles. The second-order valence-electron chi connectivity index (χ2n) is 4.53. The maximum absolute atomic E-state index is 10.4. The number of pyridine rings is 1. The van der Waals surface area contributed by atoms with Crippen LogP contribution in [0.4, 0.5) is 5.82 Å². The number of nitrogens with zero attached hydrogens (tertiary/aromatic N) is 4. The number of fused-ring (bicyclic) bond motifs is 1. The van der Waals surface area contributed by atoms with Gasteiger partial charge in [-0.15, -0.1) is 0 Å². The SMILES string of the molecule is NC(=O)c1cccnc1.Nc1ncnc2[nH]cnc12.O=P(O)(O)OP(=O)(O)O. The molecule has 3 aromatic rings. The Kier molecular flexibility index (Phi) is 8.28. The van der Waals surface area contributed by atoms with E-state index in [1.807, 2.05) is 0 Å². The molecule has 1 amide bonds. The fraction of sp³-hybridized carbons (Fsp3) is 0. The number of carbonyl (C=O) groups excluding carboxylic acids is 1. The fourth-order valence-corrected chi connectivity index (χ4v) is 2.54. The first-order valence-corrected chi connectivity index (χ1v) is 9.87. The van der Waals surface area contributed by atoms with E-state index in [1.54, 1.807) is 18.3 Å². The van der Waals surface area contributed by atoms with Crippen LogP contribution in [0.1, 0.15) is 10.4 Å². The third-order valence-electron chi connectivity index (χ3n) is 2.40. The van der Waals surface area contributed by atoms with Crippen molar-refractivity contribution in [2.24, 2.45) is 5.73 Å². The van der Waals surface area contributed by atoms with Gasteiger partial charge in [0.2, 0.25) is 5.91 Å². The monoisotopic (exact) mass is 435 g/mol. The van der Waals surface area contributed by atoms with Crippen LogP contribution < -0.4 is 11.5 Å². The van der Waals surface area contributed by atoms with Crippen LogP contribution in [0.25, 0.3) is 11.2 Å². The number of rotatable bonds is 3. The number of primary amides is 1. The summed E-state index contributed by atoms with van der Waals surface area (Å²) >= 11 is 0. The standard InChI is InChI=1S/C6H6N2O.C5H5N5.H4O7P2/c7-6(9)5-2-1-3-8-4-5;6-4-3-5(9-1-7-3)10-2-8-4;1-8(2,3)7-9(4,5)6/h1-4H,(H2,7,9);1-2H,(H3,6,7,8,9,10);(H2,1,2,3)(H2,4,5,6). The summed E-state index contributed by atoms with van der Waals surface area (Å²) in [6.07, 6.45) is 5.96. The van der Waals surface area contributed by atoms with Crippen molar-refractivity contribution in [1.82, 2.24) is 24.9 Å². The molecule has 3 heterocycles. The second kappa shape index (κ2) is 9.96. The van der Waals surface area contributed by atoms with E-state index in [0.717, 1.165) is 0 Å². The molecule has 3 rings (SSSR count). The van der Waals surface area contributed by atoms with Crippen LogP contribution in [0, 0.1) is 0 Å². The number of nitrogens with one attached hydrogen (secondary N) is 1. The van der Waals surface area contributed by atoms with Crippen molar-refractivity contribution >= 4 is 38.5 Å². The molecule has 17 heteroatoms. The van der Waals surface area contributed by atoms with Crippen molar-refractivity contribution < 1.29 is 37.8 Å². The summed E-state index contributed by atoms with van der Waals surface area (Å²) in [6.45, 7) is 0. The number of nitrogens with two attached hydrogens (primary N) is 2. The van der Waals surface area contributed by atoms with Crippen LogP contribution in [-0.4, -0.2) is 50.4 Å². The van der Waals surface area contributed by atoms with Gasteiger partial charge in [-0.25, -0.2) is 24.1 Å². The topological polar surface area (TPSA) is 261 Å². The molecule has 9 N–H and O–H groups in total. The quantitative estimate of drug-likeness (QED) is 0.251. The molecule has 152 valence electrons. The summed E-state index contributed by atoms with van der Waals surface area (Å²) in [5, 5.41) is 0. The Morgan fingerprint density at radius 1 is 1.11 bits per heavy atom. The average Bonchev–Trinajstić information content (AvgIpc) is 3.03. The van der Waals surface area contributed by atoms with E-state index in [0.29, 0.717) is 22.5 Å². The van der Waals surface area contributed by atoms with E-state index in [2.05, 4.69) is 29.2 Å². The predicted molar refractivity (Wildman–Crippen MR) is 94.0 cm³/mol. The van der Waals surface area contributed by atoms with Crippen molar-refractivity contribution in [2.75, 3.05) is 5.73 Å². The molecule has 0 bridgehead atoms. The minimum Gasteiger partial charge on any atom is -0.382 e. The first-order chi connectivity index (χ1) is 12.9. The molecule has 0 aliphatic heterocycles. The van der Waals surface area contributed by atoms with E-state index < -0.39 is 21.6 Å². The lowest BCUT2D eigenvalue weighted by atomic mass is 10.3. The zero-order valence-electron chi connectivity index (χ0n) is 13.7. The predicted octanol–water partition coefficient (Wildman–Crippen LogP) is -0.696. The van der Waals surface area contributed by atoms with Gasteiger partial charge in [-0.3, -0.25) is 9.78 Å². The maximum Gasteiger partial charge on any atom is 0.478 e. The molecule has 0 fully saturated rings. The smallest absolute Gasteiger partial charge is 0.382 e. The van der Waals surface area contributed by atoms with Crippen molar-refractivity contribution in [3.63, 3.8) is 0 Å². The van der Waals surface area contributed by atoms with Crippen LogP contribution in [0.15, 0.2) is 37.2 Å². The largest absolute Gasteiger partial charge is 0.478 e. The van der Waals surface area contributed by atoms with Gasteiger partial charge in [0.05, 0.1) is 11.9 Å². The highest BCUT2D eigenvalue weighted by molar-refractivity contribution is 7.60. The minimum absolute atomic E-state index is 0.409. The Morgan fingerprint density at radius 3 is 2.14 bits per heavy atom. The van der Waals surface area contributed by atoms with Crippen molar-refractivity contribution in [3.8, 4) is 0 Å². The molecule has 0 aliphatic rings. The molecule has 0 saturated carbocycles. The number of aromatic amines is 1. The van der Waals surface area contributed by atoms with Crippen LogP contribution in [0.2, 0.25) is 0 Å². The summed E-state index contributed by atoms with van der Waals surface area (Å²) in [5.74, 6) is -0.0330. The molecule has 0 radical (unpaired) electrons. The number of nitrogen functional groups attached to an aromatic ring is 1.